The zero-order chi connectivity index (χ0) is 16.4. The van der Waals surface area contributed by atoms with E-state index in [0.29, 0.717) is 17.6 Å². The minimum Gasteiger partial charge on any atom is -0.360 e. The maximum Gasteiger partial charge on any atom is 0.229 e. The molecule has 1 aromatic carbocycles. The van der Waals surface area contributed by atoms with Crippen LogP contribution < -0.4 is 10.6 Å². The van der Waals surface area contributed by atoms with Crippen LogP contribution in [0.4, 0.5) is 23.3 Å². The number of nitrogens with zero attached hydrogens (tertiary/aromatic N) is 3. The standard InChI is InChI=1S/C16H16BrN5O/c1-9-4-5-13(12(17)6-9)19-16-18-10(2)7-14(21-16)20-15-8-11(3)23-22-15/h4-8H,1-3H3,(H2,18,19,20,21,22). The van der Waals surface area contributed by atoms with Crippen molar-refractivity contribution < 1.29 is 4.52 Å². The van der Waals surface area contributed by atoms with Crippen molar-refractivity contribution in [3.8, 4) is 0 Å². The second-order valence-corrected chi connectivity index (χ2v) is 6.13. The minimum absolute atomic E-state index is 0.511. The Bertz CT molecular complexity index is 846. The van der Waals surface area contributed by atoms with Gasteiger partial charge >= 0.3 is 0 Å². The number of hydrogen-bond donors (Lipinski definition) is 2. The summed E-state index contributed by atoms with van der Waals surface area (Å²) in [5.74, 6) is 2.51. The van der Waals surface area contributed by atoms with E-state index in [0.717, 1.165) is 21.6 Å². The number of rotatable bonds is 4. The van der Waals surface area contributed by atoms with Gasteiger partial charge in [-0.2, -0.15) is 4.98 Å². The first-order valence-electron chi connectivity index (χ1n) is 7.09. The highest BCUT2D eigenvalue weighted by Crippen LogP contribution is 2.26. The molecule has 0 unspecified atom stereocenters. The molecular formula is C16H16BrN5O. The SMILES string of the molecule is Cc1ccc(Nc2nc(C)cc(Nc3cc(C)on3)n2)c(Br)c1. The lowest BCUT2D eigenvalue weighted by Crippen LogP contribution is -2.03. The molecule has 2 heterocycles. The van der Waals surface area contributed by atoms with Gasteiger partial charge in [0.1, 0.15) is 11.6 Å². The summed E-state index contributed by atoms with van der Waals surface area (Å²) in [5, 5.41) is 10.2. The van der Waals surface area contributed by atoms with E-state index in [-0.39, 0.29) is 0 Å². The molecule has 7 heteroatoms. The Labute approximate surface area is 142 Å². The third kappa shape index (κ3) is 3.87. The summed E-state index contributed by atoms with van der Waals surface area (Å²) in [4.78, 5) is 8.87. The van der Waals surface area contributed by atoms with Gasteiger partial charge in [0, 0.05) is 22.3 Å². The van der Waals surface area contributed by atoms with Gasteiger partial charge in [-0.15, -0.1) is 0 Å². The molecule has 0 radical (unpaired) electrons. The zero-order valence-electron chi connectivity index (χ0n) is 13.0. The predicted molar refractivity (Wildman–Crippen MR) is 93.5 cm³/mol. The second-order valence-electron chi connectivity index (χ2n) is 5.27. The Kier molecular flexibility index (Phi) is 4.29. The van der Waals surface area contributed by atoms with E-state index < -0.39 is 0 Å². The molecule has 3 aromatic rings. The van der Waals surface area contributed by atoms with Gasteiger partial charge in [0.15, 0.2) is 5.82 Å². The Morgan fingerprint density at radius 1 is 0.957 bits per heavy atom. The second kappa shape index (κ2) is 6.37. The summed E-state index contributed by atoms with van der Waals surface area (Å²) < 4.78 is 6.00. The molecule has 0 saturated heterocycles. The van der Waals surface area contributed by atoms with Crippen LogP contribution in [0.1, 0.15) is 17.0 Å². The molecule has 0 aliphatic heterocycles. The van der Waals surface area contributed by atoms with Crippen LogP contribution in [-0.2, 0) is 0 Å². The highest BCUT2D eigenvalue weighted by Gasteiger charge is 2.07. The number of aryl methyl sites for hydroxylation is 3. The summed E-state index contributed by atoms with van der Waals surface area (Å²) in [5.41, 5.74) is 2.93. The number of benzene rings is 1. The third-order valence-electron chi connectivity index (χ3n) is 3.11. The van der Waals surface area contributed by atoms with E-state index in [1.165, 1.54) is 5.56 Å². The molecule has 0 aliphatic rings. The fourth-order valence-corrected chi connectivity index (χ4v) is 2.68. The molecule has 0 amide bonds. The molecule has 0 saturated carbocycles. The molecular weight excluding hydrogens is 358 g/mol. The number of halogens is 1. The molecule has 0 spiro atoms. The summed E-state index contributed by atoms with van der Waals surface area (Å²) in [6.07, 6.45) is 0. The Balaban J connectivity index is 1.85. The van der Waals surface area contributed by atoms with Crippen LogP contribution in [-0.4, -0.2) is 15.1 Å². The van der Waals surface area contributed by atoms with Gasteiger partial charge in [0.2, 0.25) is 5.95 Å². The normalized spacial score (nSPS) is 10.6. The van der Waals surface area contributed by atoms with Crippen LogP contribution >= 0.6 is 15.9 Å². The van der Waals surface area contributed by atoms with Crippen molar-refractivity contribution in [3.05, 3.63) is 51.8 Å². The maximum atomic E-state index is 5.04. The quantitative estimate of drug-likeness (QED) is 0.693. The molecule has 23 heavy (non-hydrogen) atoms. The first-order valence-corrected chi connectivity index (χ1v) is 7.88. The molecule has 6 nitrogen and oxygen atoms in total. The monoisotopic (exact) mass is 373 g/mol. The van der Waals surface area contributed by atoms with Crippen molar-refractivity contribution in [2.45, 2.75) is 20.8 Å². The number of anilines is 4. The largest absolute Gasteiger partial charge is 0.360 e. The van der Waals surface area contributed by atoms with Gasteiger partial charge < -0.3 is 15.2 Å². The predicted octanol–water partition coefficient (Wildman–Crippen LogP) is 4.64. The summed E-state index contributed by atoms with van der Waals surface area (Å²) in [6.45, 7) is 5.79. The van der Waals surface area contributed by atoms with Gasteiger partial charge in [0.25, 0.3) is 0 Å². The highest BCUT2D eigenvalue weighted by molar-refractivity contribution is 9.10. The van der Waals surface area contributed by atoms with Crippen molar-refractivity contribution in [2.75, 3.05) is 10.6 Å². The molecule has 0 fully saturated rings. The summed E-state index contributed by atoms with van der Waals surface area (Å²) in [7, 11) is 0. The Morgan fingerprint density at radius 3 is 2.48 bits per heavy atom. The van der Waals surface area contributed by atoms with Gasteiger partial charge in [-0.25, -0.2) is 4.98 Å². The van der Waals surface area contributed by atoms with Crippen LogP contribution in [0.2, 0.25) is 0 Å². The van der Waals surface area contributed by atoms with Crippen LogP contribution in [0.5, 0.6) is 0 Å². The van der Waals surface area contributed by atoms with Crippen molar-refractivity contribution >= 4 is 39.2 Å². The van der Waals surface area contributed by atoms with Gasteiger partial charge in [-0.1, -0.05) is 11.2 Å². The average Bonchev–Trinajstić information content (AvgIpc) is 2.86. The molecule has 3 rings (SSSR count). The average molecular weight is 374 g/mol. The smallest absolute Gasteiger partial charge is 0.229 e. The lowest BCUT2D eigenvalue weighted by Gasteiger charge is -2.10. The first-order chi connectivity index (χ1) is 11.0. The Hall–Kier alpha value is -2.41. The van der Waals surface area contributed by atoms with E-state index in [2.05, 4.69) is 41.7 Å². The topological polar surface area (TPSA) is 75.9 Å². The van der Waals surface area contributed by atoms with Crippen molar-refractivity contribution in [1.82, 2.24) is 15.1 Å². The number of aromatic nitrogens is 3. The van der Waals surface area contributed by atoms with Crippen molar-refractivity contribution in [3.63, 3.8) is 0 Å². The number of nitrogens with one attached hydrogen (secondary N) is 2. The Morgan fingerprint density at radius 2 is 1.78 bits per heavy atom. The van der Waals surface area contributed by atoms with Crippen LogP contribution in [0.25, 0.3) is 0 Å². The fourth-order valence-electron chi connectivity index (χ4n) is 2.09. The van der Waals surface area contributed by atoms with Crippen molar-refractivity contribution in [2.24, 2.45) is 0 Å². The molecule has 2 N–H and O–H groups in total. The maximum absolute atomic E-state index is 5.04. The summed E-state index contributed by atoms with van der Waals surface area (Å²) in [6, 6.07) is 9.70. The van der Waals surface area contributed by atoms with E-state index in [4.69, 9.17) is 4.52 Å². The van der Waals surface area contributed by atoms with Crippen molar-refractivity contribution in [1.29, 1.82) is 0 Å². The van der Waals surface area contributed by atoms with Gasteiger partial charge in [-0.3, -0.25) is 0 Å². The third-order valence-corrected chi connectivity index (χ3v) is 3.77. The molecule has 0 aliphatic carbocycles. The van der Waals surface area contributed by atoms with Gasteiger partial charge in [-0.05, 0) is 54.4 Å². The fraction of sp³-hybridized carbons (Fsp3) is 0.188. The summed E-state index contributed by atoms with van der Waals surface area (Å²) >= 11 is 3.54. The van der Waals surface area contributed by atoms with E-state index in [1.54, 1.807) is 6.07 Å². The molecule has 0 atom stereocenters. The van der Waals surface area contributed by atoms with E-state index in [9.17, 15) is 0 Å². The van der Waals surface area contributed by atoms with Gasteiger partial charge in [0.05, 0.1) is 5.69 Å². The molecule has 2 aromatic heterocycles. The lowest BCUT2D eigenvalue weighted by atomic mass is 10.2. The van der Waals surface area contributed by atoms with Crippen LogP contribution in [0.15, 0.2) is 39.3 Å². The van der Waals surface area contributed by atoms with Crippen LogP contribution in [0.3, 0.4) is 0 Å². The van der Waals surface area contributed by atoms with E-state index >= 15 is 0 Å². The first kappa shape index (κ1) is 15.5. The lowest BCUT2D eigenvalue weighted by molar-refractivity contribution is 0.400. The minimum atomic E-state index is 0.511. The number of hydrogen-bond acceptors (Lipinski definition) is 6. The molecule has 118 valence electrons. The van der Waals surface area contributed by atoms with Crippen LogP contribution in [0, 0.1) is 20.8 Å². The highest BCUT2D eigenvalue weighted by atomic mass is 79.9. The zero-order valence-corrected chi connectivity index (χ0v) is 14.6. The van der Waals surface area contributed by atoms with E-state index in [1.807, 2.05) is 45.0 Å². The molecule has 0 bridgehead atoms.